The molecule has 0 radical (unpaired) electrons. The van der Waals surface area contributed by atoms with Crippen LogP contribution in [0, 0.1) is 0 Å². The van der Waals surface area contributed by atoms with E-state index in [2.05, 4.69) is 19.1 Å². The van der Waals surface area contributed by atoms with E-state index < -0.39 is 0 Å². The van der Waals surface area contributed by atoms with E-state index in [0.29, 0.717) is 6.54 Å². The molecule has 0 aromatic rings. The van der Waals surface area contributed by atoms with E-state index in [1.54, 1.807) is 0 Å². The first-order valence-corrected chi connectivity index (χ1v) is 10.4. The lowest BCUT2D eigenvalue weighted by molar-refractivity contribution is 0.536. The largest absolute Gasteiger partial charge is 0.330 e. The zero-order valence-electron chi connectivity index (χ0n) is 15.9. The van der Waals surface area contributed by atoms with Crippen LogP contribution in [0.15, 0.2) is 12.2 Å². The van der Waals surface area contributed by atoms with Gasteiger partial charge in [0, 0.05) is 6.04 Å². The summed E-state index contributed by atoms with van der Waals surface area (Å²) in [5, 5.41) is 0. The fourth-order valence-corrected chi connectivity index (χ4v) is 3.02. The van der Waals surface area contributed by atoms with E-state index in [9.17, 15) is 0 Å². The van der Waals surface area contributed by atoms with Gasteiger partial charge in [-0.25, -0.2) is 0 Å². The Morgan fingerprint density at radius 3 is 1.57 bits per heavy atom. The molecule has 0 aliphatic heterocycles. The van der Waals surface area contributed by atoms with Gasteiger partial charge in [0.25, 0.3) is 0 Å². The molecule has 0 amide bonds. The van der Waals surface area contributed by atoms with Crippen LogP contribution >= 0.6 is 0 Å². The van der Waals surface area contributed by atoms with E-state index in [4.69, 9.17) is 11.5 Å². The van der Waals surface area contributed by atoms with E-state index >= 15 is 0 Å². The predicted octanol–water partition coefficient (Wildman–Crippen LogP) is 6.09. The first-order chi connectivity index (χ1) is 11.3. The molecule has 0 aromatic heterocycles. The van der Waals surface area contributed by atoms with Crippen molar-refractivity contribution < 1.29 is 0 Å². The molecule has 1 unspecified atom stereocenters. The fourth-order valence-electron chi connectivity index (χ4n) is 3.02. The number of rotatable bonds is 18. The van der Waals surface area contributed by atoms with Crippen LogP contribution in [0.5, 0.6) is 0 Å². The van der Waals surface area contributed by atoms with Crippen LogP contribution in [0.1, 0.15) is 110 Å². The average Bonchev–Trinajstić information content (AvgIpc) is 2.54. The summed E-state index contributed by atoms with van der Waals surface area (Å²) in [7, 11) is 0. The normalized spacial score (nSPS) is 13.0. The Hall–Kier alpha value is -0.340. The first-order valence-electron chi connectivity index (χ1n) is 10.4. The monoisotopic (exact) mass is 324 g/mol. The third kappa shape index (κ3) is 19.6. The average molecular weight is 325 g/mol. The van der Waals surface area contributed by atoms with Crippen molar-refractivity contribution in [1.82, 2.24) is 0 Å². The van der Waals surface area contributed by atoms with Gasteiger partial charge in [-0.05, 0) is 25.8 Å². The molecule has 1 atom stereocenters. The predicted molar refractivity (Wildman–Crippen MR) is 106 cm³/mol. The molecule has 0 aliphatic rings. The number of hydrogen-bond acceptors (Lipinski definition) is 2. The molecule has 2 nitrogen and oxygen atoms in total. The quantitative estimate of drug-likeness (QED) is 0.237. The molecule has 0 heterocycles. The number of nitrogens with two attached hydrogens (primary N) is 2. The summed E-state index contributed by atoms with van der Waals surface area (Å²) in [6.45, 7) is 2.97. The molecule has 0 saturated heterocycles. The van der Waals surface area contributed by atoms with E-state index in [-0.39, 0.29) is 6.04 Å². The third-order valence-electron chi connectivity index (χ3n) is 4.61. The maximum atomic E-state index is 5.88. The minimum Gasteiger partial charge on any atom is -0.330 e. The molecular weight excluding hydrogens is 280 g/mol. The summed E-state index contributed by atoms with van der Waals surface area (Å²) in [5.41, 5.74) is 11.4. The molecule has 4 N–H and O–H groups in total. The molecule has 0 saturated carbocycles. The van der Waals surface area contributed by atoms with Gasteiger partial charge in [-0.3, -0.25) is 0 Å². The zero-order valence-corrected chi connectivity index (χ0v) is 15.9. The summed E-state index contributed by atoms with van der Waals surface area (Å²) in [5.74, 6) is 0. The Labute approximate surface area is 146 Å². The van der Waals surface area contributed by atoms with Gasteiger partial charge in [-0.2, -0.15) is 0 Å². The summed E-state index contributed by atoms with van der Waals surface area (Å²) in [6, 6.07) is 0.159. The zero-order chi connectivity index (χ0) is 17.0. The summed E-state index contributed by atoms with van der Waals surface area (Å²) >= 11 is 0. The van der Waals surface area contributed by atoms with Crippen molar-refractivity contribution in [2.24, 2.45) is 11.5 Å². The molecule has 0 rings (SSSR count). The number of hydrogen-bond donors (Lipinski definition) is 2. The highest BCUT2D eigenvalue weighted by Crippen LogP contribution is 2.13. The van der Waals surface area contributed by atoms with Crippen molar-refractivity contribution in [1.29, 1.82) is 0 Å². The SMILES string of the molecule is CCCCCCCCCCCCCCCC/C=C/C(N)CCN. The summed E-state index contributed by atoms with van der Waals surface area (Å²) in [4.78, 5) is 0. The van der Waals surface area contributed by atoms with Crippen LogP contribution in [0.4, 0.5) is 0 Å². The lowest BCUT2D eigenvalue weighted by Crippen LogP contribution is -2.20. The molecule has 0 spiro atoms. The first kappa shape index (κ1) is 22.7. The van der Waals surface area contributed by atoms with Crippen molar-refractivity contribution in [3.63, 3.8) is 0 Å². The Kier molecular flexibility index (Phi) is 19.4. The van der Waals surface area contributed by atoms with Crippen LogP contribution in [-0.4, -0.2) is 12.6 Å². The van der Waals surface area contributed by atoms with Crippen LogP contribution in [-0.2, 0) is 0 Å². The molecular formula is C21H44N2. The smallest absolute Gasteiger partial charge is 0.0235 e. The molecule has 0 aliphatic carbocycles. The highest BCUT2D eigenvalue weighted by Gasteiger charge is 1.95. The van der Waals surface area contributed by atoms with Gasteiger partial charge < -0.3 is 11.5 Å². The summed E-state index contributed by atoms with van der Waals surface area (Å²) < 4.78 is 0. The van der Waals surface area contributed by atoms with Crippen LogP contribution in [0.2, 0.25) is 0 Å². The highest BCUT2D eigenvalue weighted by atomic mass is 14.6. The second-order valence-corrected chi connectivity index (χ2v) is 7.05. The van der Waals surface area contributed by atoms with Crippen LogP contribution in [0.3, 0.4) is 0 Å². The Bertz CT molecular complexity index is 238. The Morgan fingerprint density at radius 1 is 0.696 bits per heavy atom. The Morgan fingerprint density at radius 2 is 1.13 bits per heavy atom. The van der Waals surface area contributed by atoms with Crippen LogP contribution < -0.4 is 11.5 Å². The van der Waals surface area contributed by atoms with Gasteiger partial charge in [0.1, 0.15) is 0 Å². The summed E-state index contributed by atoms with van der Waals surface area (Å²) in [6.07, 6.45) is 26.3. The van der Waals surface area contributed by atoms with E-state index in [1.165, 1.54) is 96.3 Å². The maximum Gasteiger partial charge on any atom is 0.0235 e. The van der Waals surface area contributed by atoms with Gasteiger partial charge in [0.2, 0.25) is 0 Å². The molecule has 23 heavy (non-hydrogen) atoms. The van der Waals surface area contributed by atoms with Gasteiger partial charge in [0.05, 0.1) is 0 Å². The minimum absolute atomic E-state index is 0.159. The lowest BCUT2D eigenvalue weighted by atomic mass is 10.0. The molecule has 0 bridgehead atoms. The number of unbranched alkanes of at least 4 members (excludes halogenated alkanes) is 14. The fraction of sp³-hybridized carbons (Fsp3) is 0.905. The maximum absolute atomic E-state index is 5.88. The van der Waals surface area contributed by atoms with Gasteiger partial charge in [0.15, 0.2) is 0 Å². The standard InChI is InChI=1S/C21H44N2/c1-2-3-4-5-6-7-8-9-10-11-12-13-14-15-16-17-18-21(23)19-20-22/h17-18,21H,2-16,19-20,22-23H2,1H3/b18-17+. The topological polar surface area (TPSA) is 52.0 Å². The van der Waals surface area contributed by atoms with Crippen molar-refractivity contribution in [3.8, 4) is 0 Å². The molecule has 0 aromatic carbocycles. The van der Waals surface area contributed by atoms with Crippen molar-refractivity contribution >= 4 is 0 Å². The minimum atomic E-state index is 0.159. The second-order valence-electron chi connectivity index (χ2n) is 7.05. The van der Waals surface area contributed by atoms with Gasteiger partial charge >= 0.3 is 0 Å². The van der Waals surface area contributed by atoms with Crippen LogP contribution in [0.25, 0.3) is 0 Å². The van der Waals surface area contributed by atoms with E-state index in [0.717, 1.165) is 6.42 Å². The van der Waals surface area contributed by atoms with Crippen molar-refractivity contribution in [2.75, 3.05) is 6.54 Å². The molecule has 2 heteroatoms. The highest BCUT2D eigenvalue weighted by molar-refractivity contribution is 4.91. The van der Waals surface area contributed by atoms with Crippen molar-refractivity contribution in [3.05, 3.63) is 12.2 Å². The van der Waals surface area contributed by atoms with Gasteiger partial charge in [-0.15, -0.1) is 0 Å². The lowest BCUT2D eigenvalue weighted by Gasteiger charge is -2.03. The third-order valence-corrected chi connectivity index (χ3v) is 4.61. The number of allylic oxidation sites excluding steroid dienone is 1. The second kappa shape index (κ2) is 19.7. The van der Waals surface area contributed by atoms with E-state index in [1.807, 2.05) is 0 Å². The van der Waals surface area contributed by atoms with Crippen molar-refractivity contribution in [2.45, 2.75) is 116 Å². The Balaban J connectivity index is 3.08. The molecule has 138 valence electrons. The van der Waals surface area contributed by atoms with Gasteiger partial charge in [-0.1, -0.05) is 103 Å². The molecule has 0 fully saturated rings.